The Kier molecular flexibility index (Phi) is 4.11. The van der Waals surface area contributed by atoms with E-state index in [1.165, 1.54) is 18.2 Å². The molecule has 0 bridgehead atoms. The topological polar surface area (TPSA) is 43.1 Å². The second-order valence-corrected chi connectivity index (χ2v) is 4.84. The van der Waals surface area contributed by atoms with Crippen LogP contribution >= 0.6 is 23.2 Å². The molecule has 0 radical (unpaired) electrons. The second kappa shape index (κ2) is 5.54. The van der Waals surface area contributed by atoms with Gasteiger partial charge >= 0.3 is 6.18 Å². The molecule has 2 aromatic carbocycles. The maximum atomic E-state index is 13.1. The van der Waals surface area contributed by atoms with E-state index >= 15 is 0 Å². The van der Waals surface area contributed by atoms with E-state index in [4.69, 9.17) is 23.2 Å². The Bertz CT molecular complexity index is 717. The van der Waals surface area contributed by atoms with Crippen molar-refractivity contribution in [2.24, 2.45) is 0 Å². The summed E-state index contributed by atoms with van der Waals surface area (Å²) in [6.45, 7) is 0. The van der Waals surface area contributed by atoms with Crippen LogP contribution in [0.2, 0.25) is 10.0 Å². The molecule has 0 amide bonds. The average molecular weight is 336 g/mol. The first-order chi connectivity index (χ1) is 9.73. The van der Waals surface area contributed by atoms with E-state index in [0.29, 0.717) is 0 Å². The molecule has 0 N–H and O–H groups in total. The van der Waals surface area contributed by atoms with Crippen molar-refractivity contribution in [1.82, 2.24) is 0 Å². The molecule has 0 spiro atoms. The molecular weight excluding hydrogens is 330 g/mol. The average Bonchev–Trinajstić information content (AvgIpc) is 2.40. The van der Waals surface area contributed by atoms with Gasteiger partial charge in [-0.15, -0.1) is 0 Å². The van der Waals surface area contributed by atoms with Crippen LogP contribution in [-0.4, -0.2) is 4.92 Å². The van der Waals surface area contributed by atoms with Crippen LogP contribution in [0, 0.1) is 10.1 Å². The summed E-state index contributed by atoms with van der Waals surface area (Å²) in [6.07, 6.45) is -4.76. The molecule has 0 fully saturated rings. The summed E-state index contributed by atoms with van der Waals surface area (Å²) in [6, 6.07) is 6.74. The Hall–Kier alpha value is -1.79. The van der Waals surface area contributed by atoms with Crippen LogP contribution in [0.5, 0.6) is 0 Å². The molecule has 0 saturated heterocycles. The fraction of sp³-hybridized carbons (Fsp3) is 0.0769. The highest BCUT2D eigenvalue weighted by molar-refractivity contribution is 6.43. The second-order valence-electron chi connectivity index (χ2n) is 4.06. The molecule has 0 aliphatic rings. The summed E-state index contributed by atoms with van der Waals surface area (Å²) >= 11 is 11.7. The molecule has 2 rings (SSSR count). The lowest BCUT2D eigenvalue weighted by atomic mass is 9.97. The van der Waals surface area contributed by atoms with Crippen molar-refractivity contribution < 1.29 is 18.1 Å². The molecule has 0 saturated carbocycles. The number of rotatable bonds is 2. The number of nitrogens with zero attached hydrogens (tertiary/aromatic N) is 1. The zero-order valence-corrected chi connectivity index (χ0v) is 11.6. The number of hydrogen-bond donors (Lipinski definition) is 0. The van der Waals surface area contributed by atoms with Gasteiger partial charge < -0.3 is 0 Å². The molecule has 0 aliphatic carbocycles. The number of alkyl halides is 3. The SMILES string of the molecule is O=[N+]([O-])c1cccc(C(F)(F)F)c1-c1cccc(Cl)c1Cl. The first-order valence-electron chi connectivity index (χ1n) is 5.52. The van der Waals surface area contributed by atoms with Gasteiger partial charge in [-0.3, -0.25) is 10.1 Å². The van der Waals surface area contributed by atoms with E-state index in [9.17, 15) is 23.3 Å². The lowest BCUT2D eigenvalue weighted by Crippen LogP contribution is -2.09. The molecule has 3 nitrogen and oxygen atoms in total. The molecule has 110 valence electrons. The lowest BCUT2D eigenvalue weighted by Gasteiger charge is -2.14. The summed E-state index contributed by atoms with van der Waals surface area (Å²) in [5.41, 5.74) is -2.55. The predicted molar refractivity (Wildman–Crippen MR) is 73.6 cm³/mol. The monoisotopic (exact) mass is 335 g/mol. The van der Waals surface area contributed by atoms with Gasteiger partial charge in [-0.2, -0.15) is 13.2 Å². The maximum absolute atomic E-state index is 13.1. The summed E-state index contributed by atoms with van der Waals surface area (Å²) in [5, 5.41) is 10.9. The third kappa shape index (κ3) is 2.96. The third-order valence-electron chi connectivity index (χ3n) is 2.77. The number of hydrogen-bond acceptors (Lipinski definition) is 2. The molecule has 0 heterocycles. The lowest BCUT2D eigenvalue weighted by molar-refractivity contribution is -0.384. The van der Waals surface area contributed by atoms with Crippen LogP contribution in [-0.2, 0) is 6.18 Å². The Labute approximate surface area is 127 Å². The van der Waals surface area contributed by atoms with E-state index < -0.39 is 27.9 Å². The van der Waals surface area contributed by atoms with Gasteiger partial charge in [-0.1, -0.05) is 41.4 Å². The van der Waals surface area contributed by atoms with Crippen LogP contribution in [0.15, 0.2) is 36.4 Å². The van der Waals surface area contributed by atoms with Gasteiger partial charge in [0.1, 0.15) is 0 Å². The van der Waals surface area contributed by atoms with Crippen LogP contribution in [0.4, 0.5) is 18.9 Å². The highest BCUT2D eigenvalue weighted by Crippen LogP contribution is 2.45. The maximum Gasteiger partial charge on any atom is 0.417 e. The van der Waals surface area contributed by atoms with Gasteiger partial charge in [0.05, 0.1) is 26.1 Å². The highest BCUT2D eigenvalue weighted by Gasteiger charge is 2.37. The van der Waals surface area contributed by atoms with Crippen LogP contribution in [0.25, 0.3) is 11.1 Å². The van der Waals surface area contributed by atoms with Crippen LogP contribution in [0.1, 0.15) is 5.56 Å². The van der Waals surface area contributed by atoms with E-state index in [1.807, 2.05) is 0 Å². The zero-order valence-electron chi connectivity index (χ0n) is 10.1. The van der Waals surface area contributed by atoms with Crippen molar-refractivity contribution >= 4 is 28.9 Å². The summed E-state index contributed by atoms with van der Waals surface area (Å²) in [7, 11) is 0. The van der Waals surface area contributed by atoms with Crippen LogP contribution in [0.3, 0.4) is 0 Å². The van der Waals surface area contributed by atoms with Crippen molar-refractivity contribution in [3.05, 3.63) is 62.1 Å². The highest BCUT2D eigenvalue weighted by atomic mass is 35.5. The van der Waals surface area contributed by atoms with Gasteiger partial charge in [0, 0.05) is 11.6 Å². The Morgan fingerprint density at radius 1 is 1.05 bits per heavy atom. The molecule has 21 heavy (non-hydrogen) atoms. The van der Waals surface area contributed by atoms with E-state index in [-0.39, 0.29) is 15.6 Å². The summed E-state index contributed by atoms with van der Waals surface area (Å²) in [5.74, 6) is 0. The number of nitro benzene ring substituents is 1. The minimum Gasteiger partial charge on any atom is -0.258 e. The molecule has 8 heteroatoms. The smallest absolute Gasteiger partial charge is 0.258 e. The molecule has 0 atom stereocenters. The van der Waals surface area contributed by atoms with E-state index in [0.717, 1.165) is 18.2 Å². The minimum absolute atomic E-state index is 0.0143. The zero-order chi connectivity index (χ0) is 15.8. The number of nitro groups is 1. The fourth-order valence-corrected chi connectivity index (χ4v) is 2.30. The van der Waals surface area contributed by atoms with Crippen molar-refractivity contribution in [2.45, 2.75) is 6.18 Å². The first kappa shape index (κ1) is 15.6. The van der Waals surface area contributed by atoms with Crippen molar-refractivity contribution in [3.8, 4) is 11.1 Å². The normalized spacial score (nSPS) is 11.5. The van der Waals surface area contributed by atoms with Gasteiger partial charge in [0.2, 0.25) is 0 Å². The molecule has 0 aliphatic heterocycles. The van der Waals surface area contributed by atoms with Gasteiger partial charge in [-0.25, -0.2) is 0 Å². The first-order valence-corrected chi connectivity index (χ1v) is 6.28. The molecule has 0 aromatic heterocycles. The van der Waals surface area contributed by atoms with Gasteiger partial charge in [0.25, 0.3) is 5.69 Å². The standard InChI is InChI=1S/C13H6Cl2F3NO2/c14-9-5-1-3-7(12(9)15)11-8(13(16,17)18)4-2-6-10(11)19(20)21/h1-6H. The Morgan fingerprint density at radius 3 is 2.24 bits per heavy atom. The summed E-state index contributed by atoms with van der Waals surface area (Å²) < 4.78 is 39.3. The number of halogens is 5. The Balaban J connectivity index is 2.88. The van der Waals surface area contributed by atoms with Gasteiger partial charge in [0.15, 0.2) is 0 Å². The van der Waals surface area contributed by atoms with Crippen molar-refractivity contribution in [1.29, 1.82) is 0 Å². The molecular formula is C13H6Cl2F3NO2. The largest absolute Gasteiger partial charge is 0.417 e. The van der Waals surface area contributed by atoms with Crippen molar-refractivity contribution in [3.63, 3.8) is 0 Å². The Morgan fingerprint density at radius 2 is 1.67 bits per heavy atom. The minimum atomic E-state index is -4.76. The van der Waals surface area contributed by atoms with E-state index in [2.05, 4.69) is 0 Å². The molecule has 2 aromatic rings. The summed E-state index contributed by atoms with van der Waals surface area (Å²) in [4.78, 5) is 10.1. The van der Waals surface area contributed by atoms with Crippen molar-refractivity contribution in [2.75, 3.05) is 0 Å². The molecule has 0 unspecified atom stereocenters. The fourth-order valence-electron chi connectivity index (χ4n) is 1.91. The van der Waals surface area contributed by atoms with Crippen LogP contribution < -0.4 is 0 Å². The van der Waals surface area contributed by atoms with Gasteiger partial charge in [-0.05, 0) is 12.1 Å². The number of benzene rings is 2. The predicted octanol–water partition coefficient (Wildman–Crippen LogP) is 5.59. The quantitative estimate of drug-likeness (QED) is 0.530. The third-order valence-corrected chi connectivity index (χ3v) is 3.58. The van der Waals surface area contributed by atoms with E-state index in [1.54, 1.807) is 0 Å².